The van der Waals surface area contributed by atoms with Gasteiger partial charge in [-0.1, -0.05) is 11.6 Å². The van der Waals surface area contributed by atoms with Gasteiger partial charge < -0.3 is 14.8 Å². The van der Waals surface area contributed by atoms with E-state index in [9.17, 15) is 0 Å². The largest absolute Gasteiger partial charge is 0.494 e. The van der Waals surface area contributed by atoms with E-state index >= 15 is 0 Å². The van der Waals surface area contributed by atoms with Crippen LogP contribution in [-0.4, -0.2) is 36.5 Å². The quantitative estimate of drug-likeness (QED) is 0.654. The number of aromatic amines is 1. The number of hydrogen-bond acceptors (Lipinski definition) is 4. The standard InChI is InChI=1S/C18H18ClN3O2/c19-13-8-12-9-15(10-13)24-7-5-20-4-1-6-23-14-2-3-17-16(11-14)18(12)22-21-17/h2-3,8-11,20H,1,4-7H2,(H,21,22). The van der Waals surface area contributed by atoms with E-state index < -0.39 is 0 Å². The zero-order chi connectivity index (χ0) is 16.4. The van der Waals surface area contributed by atoms with Crippen LogP contribution in [0.2, 0.25) is 5.02 Å². The van der Waals surface area contributed by atoms with Crippen LogP contribution >= 0.6 is 11.6 Å². The highest BCUT2D eigenvalue weighted by Gasteiger charge is 2.12. The van der Waals surface area contributed by atoms with Crippen LogP contribution in [0.5, 0.6) is 11.5 Å². The van der Waals surface area contributed by atoms with Gasteiger partial charge in [0.2, 0.25) is 0 Å². The van der Waals surface area contributed by atoms with E-state index in [-0.39, 0.29) is 0 Å². The van der Waals surface area contributed by atoms with Crippen LogP contribution in [0.25, 0.3) is 22.2 Å². The second-order valence-corrected chi connectivity index (χ2v) is 6.19. The molecule has 1 aromatic heterocycles. The molecule has 5 nitrogen and oxygen atoms in total. The highest BCUT2D eigenvalue weighted by atomic mass is 35.5. The Hall–Kier alpha value is -2.24. The van der Waals surface area contributed by atoms with Crippen molar-refractivity contribution < 1.29 is 9.47 Å². The van der Waals surface area contributed by atoms with Gasteiger partial charge >= 0.3 is 0 Å². The molecular weight excluding hydrogens is 326 g/mol. The molecule has 24 heavy (non-hydrogen) atoms. The summed E-state index contributed by atoms with van der Waals surface area (Å²) in [6.45, 7) is 2.93. The number of nitrogens with zero attached hydrogens (tertiary/aromatic N) is 1. The molecule has 0 aliphatic carbocycles. The molecule has 0 amide bonds. The average molecular weight is 344 g/mol. The smallest absolute Gasteiger partial charge is 0.121 e. The van der Waals surface area contributed by atoms with Crippen molar-refractivity contribution >= 4 is 22.5 Å². The number of ether oxygens (including phenoxy) is 2. The van der Waals surface area contributed by atoms with Crippen LogP contribution in [-0.2, 0) is 0 Å². The third-order valence-corrected chi connectivity index (χ3v) is 4.21. The molecule has 0 fully saturated rings. The lowest BCUT2D eigenvalue weighted by Gasteiger charge is -2.09. The Labute approximate surface area is 144 Å². The van der Waals surface area contributed by atoms with Gasteiger partial charge in [0, 0.05) is 22.5 Å². The van der Waals surface area contributed by atoms with Crippen LogP contribution in [0.4, 0.5) is 0 Å². The molecule has 0 atom stereocenters. The molecular formula is C18H18ClN3O2. The van der Waals surface area contributed by atoms with Gasteiger partial charge in [-0.2, -0.15) is 5.10 Å². The molecule has 1 aliphatic rings. The molecule has 124 valence electrons. The summed E-state index contributed by atoms with van der Waals surface area (Å²) in [6.07, 6.45) is 0.940. The maximum atomic E-state index is 6.27. The van der Waals surface area contributed by atoms with Gasteiger partial charge in [0.15, 0.2) is 0 Å². The van der Waals surface area contributed by atoms with Crippen molar-refractivity contribution in [3.8, 4) is 22.8 Å². The number of rotatable bonds is 0. The minimum Gasteiger partial charge on any atom is -0.494 e. The zero-order valence-electron chi connectivity index (χ0n) is 13.1. The average Bonchev–Trinajstić information content (AvgIpc) is 2.99. The predicted octanol–water partition coefficient (Wildman–Crippen LogP) is 3.63. The van der Waals surface area contributed by atoms with Crippen LogP contribution in [0.1, 0.15) is 6.42 Å². The zero-order valence-corrected chi connectivity index (χ0v) is 13.9. The van der Waals surface area contributed by atoms with Gasteiger partial charge in [0.25, 0.3) is 0 Å². The monoisotopic (exact) mass is 343 g/mol. The summed E-state index contributed by atoms with van der Waals surface area (Å²) in [5, 5.41) is 12.5. The normalized spacial score (nSPS) is 15.4. The minimum atomic E-state index is 0.588. The number of aromatic nitrogens is 2. The summed E-state index contributed by atoms with van der Waals surface area (Å²) in [4.78, 5) is 0. The molecule has 0 unspecified atom stereocenters. The Morgan fingerprint density at radius 3 is 2.83 bits per heavy atom. The number of fused-ring (bicyclic) bond motifs is 4. The second kappa shape index (κ2) is 6.71. The lowest BCUT2D eigenvalue weighted by atomic mass is 10.1. The van der Waals surface area contributed by atoms with Gasteiger partial charge in [0.1, 0.15) is 23.8 Å². The summed E-state index contributed by atoms with van der Waals surface area (Å²) < 4.78 is 11.7. The molecule has 2 aromatic carbocycles. The number of H-pyrrole nitrogens is 1. The molecule has 1 aliphatic heterocycles. The maximum Gasteiger partial charge on any atom is 0.121 e. The highest BCUT2D eigenvalue weighted by molar-refractivity contribution is 6.31. The van der Waals surface area contributed by atoms with Crippen LogP contribution in [0, 0.1) is 0 Å². The van der Waals surface area contributed by atoms with E-state index in [4.69, 9.17) is 21.1 Å². The van der Waals surface area contributed by atoms with Crippen LogP contribution in [0.15, 0.2) is 36.4 Å². The van der Waals surface area contributed by atoms with Crippen LogP contribution < -0.4 is 14.8 Å². The molecule has 0 spiro atoms. The summed E-state index contributed by atoms with van der Waals surface area (Å²) in [5.41, 5.74) is 2.73. The van der Waals surface area contributed by atoms with E-state index in [2.05, 4.69) is 15.5 Å². The van der Waals surface area contributed by atoms with Gasteiger partial charge in [-0.05, 0) is 49.4 Å². The Balaban J connectivity index is 1.81. The van der Waals surface area contributed by atoms with Gasteiger partial charge in [-0.15, -0.1) is 0 Å². The second-order valence-electron chi connectivity index (χ2n) is 5.76. The maximum absolute atomic E-state index is 6.27. The molecule has 0 radical (unpaired) electrons. The third-order valence-electron chi connectivity index (χ3n) is 3.99. The van der Waals surface area contributed by atoms with E-state index in [1.165, 1.54) is 0 Å². The number of nitrogens with one attached hydrogen (secondary N) is 2. The fraction of sp³-hybridized carbons (Fsp3) is 0.278. The Morgan fingerprint density at radius 2 is 1.88 bits per heavy atom. The number of benzene rings is 2. The van der Waals surface area contributed by atoms with E-state index in [1.54, 1.807) is 0 Å². The third kappa shape index (κ3) is 3.18. The molecule has 2 heterocycles. The van der Waals surface area contributed by atoms with Crippen molar-refractivity contribution in [1.82, 2.24) is 15.5 Å². The Morgan fingerprint density at radius 1 is 0.958 bits per heavy atom. The molecule has 0 saturated carbocycles. The summed E-state index contributed by atoms with van der Waals surface area (Å²) in [6, 6.07) is 11.7. The summed E-state index contributed by atoms with van der Waals surface area (Å²) in [7, 11) is 0. The lowest BCUT2D eigenvalue weighted by Crippen LogP contribution is -2.23. The first-order chi connectivity index (χ1) is 11.8. The highest BCUT2D eigenvalue weighted by Crippen LogP contribution is 2.33. The lowest BCUT2D eigenvalue weighted by molar-refractivity contribution is 0.294. The summed E-state index contributed by atoms with van der Waals surface area (Å²) in [5.74, 6) is 1.59. The van der Waals surface area contributed by atoms with Gasteiger partial charge in [0.05, 0.1) is 12.1 Å². The van der Waals surface area contributed by atoms with Gasteiger partial charge in [-0.25, -0.2) is 0 Å². The molecule has 3 aromatic rings. The van der Waals surface area contributed by atoms with Crippen LogP contribution in [0.3, 0.4) is 0 Å². The van der Waals surface area contributed by atoms with E-state index in [1.807, 2.05) is 36.4 Å². The SMILES string of the molecule is Clc1cc2cc(c1)-c1n[nH]c3ccc(cc13)OCCCNCCO2. The Kier molecular flexibility index (Phi) is 4.28. The molecule has 0 saturated heterocycles. The number of halogens is 1. The fourth-order valence-corrected chi connectivity index (χ4v) is 3.06. The van der Waals surface area contributed by atoms with Crippen molar-refractivity contribution in [2.75, 3.05) is 26.3 Å². The molecule has 6 heteroatoms. The first kappa shape index (κ1) is 15.3. The minimum absolute atomic E-state index is 0.588. The van der Waals surface area contributed by atoms with E-state index in [0.29, 0.717) is 18.2 Å². The first-order valence-corrected chi connectivity index (χ1v) is 8.43. The molecule has 4 bridgehead atoms. The van der Waals surface area contributed by atoms with Crippen molar-refractivity contribution in [2.45, 2.75) is 6.42 Å². The van der Waals surface area contributed by atoms with E-state index in [0.717, 1.165) is 53.2 Å². The topological polar surface area (TPSA) is 59.2 Å². The van der Waals surface area contributed by atoms with Gasteiger partial charge in [-0.3, -0.25) is 5.10 Å². The summed E-state index contributed by atoms with van der Waals surface area (Å²) >= 11 is 6.27. The molecule has 2 N–H and O–H groups in total. The number of hydrogen-bond donors (Lipinski definition) is 2. The van der Waals surface area contributed by atoms with Crippen molar-refractivity contribution in [1.29, 1.82) is 0 Å². The predicted molar refractivity (Wildman–Crippen MR) is 95.0 cm³/mol. The first-order valence-electron chi connectivity index (χ1n) is 8.05. The van der Waals surface area contributed by atoms with Crippen molar-refractivity contribution in [3.63, 3.8) is 0 Å². The fourth-order valence-electron chi connectivity index (χ4n) is 2.84. The molecule has 4 rings (SSSR count). The Bertz CT molecular complexity index is 863. The van der Waals surface area contributed by atoms with Crippen molar-refractivity contribution in [3.05, 3.63) is 41.4 Å². The van der Waals surface area contributed by atoms with Crippen molar-refractivity contribution in [2.24, 2.45) is 0 Å².